The molecule has 1 aliphatic heterocycles. The summed E-state index contributed by atoms with van der Waals surface area (Å²) in [6, 6.07) is 2.18. The number of hydrogen-bond donors (Lipinski definition) is 1. The van der Waals surface area contributed by atoms with E-state index < -0.39 is 0 Å². The van der Waals surface area contributed by atoms with Gasteiger partial charge in [-0.05, 0) is 46.2 Å². The molecule has 1 N–H and O–H groups in total. The van der Waals surface area contributed by atoms with E-state index in [2.05, 4.69) is 43.1 Å². The monoisotopic (exact) mass is 267 g/mol. The van der Waals surface area contributed by atoms with Crippen LogP contribution >= 0.6 is 0 Å². The molecule has 3 nitrogen and oxygen atoms in total. The van der Waals surface area contributed by atoms with Crippen molar-refractivity contribution in [3.05, 3.63) is 0 Å². The number of hydrogen-bond acceptors (Lipinski definition) is 3. The molecule has 0 aromatic rings. The Morgan fingerprint density at radius 1 is 1.21 bits per heavy atom. The van der Waals surface area contributed by atoms with Gasteiger partial charge in [0.05, 0.1) is 0 Å². The molecular formula is C16H33N3. The predicted octanol–water partition coefficient (Wildman–Crippen LogP) is 2.18. The Bertz CT molecular complexity index is 269. The maximum Gasteiger partial charge on any atom is 0.0255 e. The third-order valence-corrected chi connectivity index (χ3v) is 5.30. The fraction of sp³-hybridized carbons (Fsp3) is 1.00. The zero-order valence-corrected chi connectivity index (χ0v) is 13.4. The van der Waals surface area contributed by atoms with E-state index in [1.54, 1.807) is 0 Å². The molecule has 4 unspecified atom stereocenters. The van der Waals surface area contributed by atoms with E-state index in [0.717, 1.165) is 12.0 Å². The highest BCUT2D eigenvalue weighted by molar-refractivity contribution is 4.94. The fourth-order valence-corrected chi connectivity index (χ4v) is 4.25. The van der Waals surface area contributed by atoms with Crippen molar-refractivity contribution in [1.29, 1.82) is 0 Å². The summed E-state index contributed by atoms with van der Waals surface area (Å²) in [5.41, 5.74) is 0. The molecule has 2 aliphatic rings. The molecule has 19 heavy (non-hydrogen) atoms. The Balaban J connectivity index is 2.00. The van der Waals surface area contributed by atoms with E-state index >= 15 is 0 Å². The molecule has 1 saturated heterocycles. The molecular weight excluding hydrogens is 234 g/mol. The van der Waals surface area contributed by atoms with Gasteiger partial charge < -0.3 is 10.2 Å². The molecule has 0 radical (unpaired) electrons. The van der Waals surface area contributed by atoms with E-state index in [-0.39, 0.29) is 0 Å². The lowest BCUT2D eigenvalue weighted by molar-refractivity contribution is 0.0190. The van der Waals surface area contributed by atoms with Gasteiger partial charge in [-0.3, -0.25) is 4.90 Å². The van der Waals surface area contributed by atoms with Crippen LogP contribution in [0, 0.1) is 5.92 Å². The van der Waals surface area contributed by atoms with Crippen molar-refractivity contribution >= 4 is 0 Å². The average molecular weight is 267 g/mol. The number of nitrogens with zero attached hydrogens (tertiary/aromatic N) is 2. The molecule has 2 fully saturated rings. The van der Waals surface area contributed by atoms with Crippen molar-refractivity contribution in [2.75, 3.05) is 33.7 Å². The van der Waals surface area contributed by atoms with Crippen LogP contribution < -0.4 is 5.32 Å². The molecule has 0 bridgehead atoms. The van der Waals surface area contributed by atoms with Gasteiger partial charge >= 0.3 is 0 Å². The van der Waals surface area contributed by atoms with E-state index in [4.69, 9.17) is 0 Å². The summed E-state index contributed by atoms with van der Waals surface area (Å²) >= 11 is 0. The standard InChI is InChI=1S/C16H33N3/c1-5-6-14-7-8-15(17-3)16(11-14)19-10-9-18(4)12-13(19)2/h13-17H,5-12H2,1-4H3. The summed E-state index contributed by atoms with van der Waals surface area (Å²) in [6.45, 7) is 8.45. The summed E-state index contributed by atoms with van der Waals surface area (Å²) in [5.74, 6) is 0.964. The van der Waals surface area contributed by atoms with Crippen LogP contribution in [-0.4, -0.2) is 61.7 Å². The molecule has 0 spiro atoms. The quantitative estimate of drug-likeness (QED) is 0.842. The lowest BCUT2D eigenvalue weighted by atomic mass is 9.79. The van der Waals surface area contributed by atoms with Gasteiger partial charge in [0.2, 0.25) is 0 Å². The zero-order valence-electron chi connectivity index (χ0n) is 13.4. The average Bonchev–Trinajstić information content (AvgIpc) is 2.39. The Morgan fingerprint density at radius 3 is 2.63 bits per heavy atom. The van der Waals surface area contributed by atoms with Gasteiger partial charge in [-0.15, -0.1) is 0 Å². The maximum absolute atomic E-state index is 3.59. The van der Waals surface area contributed by atoms with Crippen LogP contribution in [0.5, 0.6) is 0 Å². The van der Waals surface area contributed by atoms with Crippen LogP contribution in [0.25, 0.3) is 0 Å². The van der Waals surface area contributed by atoms with Gasteiger partial charge in [0.1, 0.15) is 0 Å². The first-order valence-corrected chi connectivity index (χ1v) is 8.27. The van der Waals surface area contributed by atoms with Gasteiger partial charge in [0, 0.05) is 37.8 Å². The topological polar surface area (TPSA) is 18.5 Å². The van der Waals surface area contributed by atoms with Crippen LogP contribution in [0.15, 0.2) is 0 Å². The van der Waals surface area contributed by atoms with Crippen molar-refractivity contribution in [3.8, 4) is 0 Å². The SMILES string of the molecule is CCCC1CCC(NC)C(N2CCN(C)CC2C)C1. The van der Waals surface area contributed by atoms with E-state index in [9.17, 15) is 0 Å². The van der Waals surface area contributed by atoms with Gasteiger partial charge in [0.25, 0.3) is 0 Å². The first kappa shape index (κ1) is 15.3. The second kappa shape index (κ2) is 7.05. The lowest BCUT2D eigenvalue weighted by Crippen LogP contribution is -2.60. The van der Waals surface area contributed by atoms with Gasteiger partial charge in [-0.25, -0.2) is 0 Å². The van der Waals surface area contributed by atoms with Crippen LogP contribution in [0.2, 0.25) is 0 Å². The number of nitrogens with one attached hydrogen (secondary N) is 1. The summed E-state index contributed by atoms with van der Waals surface area (Å²) in [4.78, 5) is 5.27. The molecule has 1 heterocycles. The predicted molar refractivity (Wildman–Crippen MR) is 82.5 cm³/mol. The number of likely N-dealkylation sites (N-methyl/N-ethyl adjacent to an activating group) is 2. The first-order valence-electron chi connectivity index (χ1n) is 8.27. The van der Waals surface area contributed by atoms with Crippen molar-refractivity contribution in [3.63, 3.8) is 0 Å². The highest BCUT2D eigenvalue weighted by Gasteiger charge is 2.36. The van der Waals surface area contributed by atoms with Crippen LogP contribution in [0.4, 0.5) is 0 Å². The van der Waals surface area contributed by atoms with Crippen LogP contribution in [0.1, 0.15) is 46.0 Å². The first-order chi connectivity index (χ1) is 9.15. The minimum absolute atomic E-state index is 0.707. The molecule has 0 aromatic carbocycles. The molecule has 1 saturated carbocycles. The van der Waals surface area contributed by atoms with E-state index in [1.807, 2.05) is 0 Å². The summed E-state index contributed by atoms with van der Waals surface area (Å²) in [7, 11) is 4.41. The third-order valence-electron chi connectivity index (χ3n) is 5.30. The molecule has 2 rings (SSSR count). The van der Waals surface area contributed by atoms with Gasteiger partial charge in [-0.1, -0.05) is 19.8 Å². The molecule has 1 aliphatic carbocycles. The molecule has 3 heteroatoms. The highest BCUT2D eigenvalue weighted by atomic mass is 15.3. The van der Waals surface area contributed by atoms with E-state index in [0.29, 0.717) is 12.1 Å². The fourth-order valence-electron chi connectivity index (χ4n) is 4.25. The van der Waals surface area contributed by atoms with Crippen molar-refractivity contribution < 1.29 is 0 Å². The van der Waals surface area contributed by atoms with Crippen LogP contribution in [0.3, 0.4) is 0 Å². The summed E-state index contributed by atoms with van der Waals surface area (Å²) < 4.78 is 0. The smallest absolute Gasteiger partial charge is 0.0255 e. The molecule has 112 valence electrons. The minimum Gasteiger partial charge on any atom is -0.315 e. The largest absolute Gasteiger partial charge is 0.315 e. The highest BCUT2D eigenvalue weighted by Crippen LogP contribution is 2.32. The van der Waals surface area contributed by atoms with Crippen molar-refractivity contribution in [2.24, 2.45) is 5.92 Å². The minimum atomic E-state index is 0.707. The van der Waals surface area contributed by atoms with Gasteiger partial charge in [0.15, 0.2) is 0 Å². The summed E-state index contributed by atoms with van der Waals surface area (Å²) in [6.07, 6.45) is 6.98. The Kier molecular flexibility index (Phi) is 5.67. The zero-order chi connectivity index (χ0) is 13.8. The van der Waals surface area contributed by atoms with Gasteiger partial charge in [-0.2, -0.15) is 0 Å². The third kappa shape index (κ3) is 3.71. The molecule has 0 aromatic heterocycles. The Labute approximate surface area is 119 Å². The number of rotatable bonds is 4. The second-order valence-corrected chi connectivity index (χ2v) is 6.78. The van der Waals surface area contributed by atoms with Crippen molar-refractivity contribution in [2.45, 2.75) is 64.1 Å². The molecule has 0 amide bonds. The molecule has 4 atom stereocenters. The number of piperazine rings is 1. The lowest BCUT2D eigenvalue weighted by Gasteiger charge is -2.48. The Morgan fingerprint density at radius 2 is 2.00 bits per heavy atom. The Hall–Kier alpha value is -0.120. The maximum atomic E-state index is 3.59. The normalized spacial score (nSPS) is 38.5. The van der Waals surface area contributed by atoms with Crippen molar-refractivity contribution in [1.82, 2.24) is 15.1 Å². The summed E-state index contributed by atoms with van der Waals surface area (Å²) in [5, 5.41) is 3.59. The second-order valence-electron chi connectivity index (χ2n) is 6.78. The van der Waals surface area contributed by atoms with Crippen LogP contribution in [-0.2, 0) is 0 Å². The van der Waals surface area contributed by atoms with E-state index in [1.165, 1.54) is 51.7 Å².